The predicted octanol–water partition coefficient (Wildman–Crippen LogP) is 2.08. The lowest BCUT2D eigenvalue weighted by Gasteiger charge is -2.13. The first-order chi connectivity index (χ1) is 9.58. The van der Waals surface area contributed by atoms with Crippen molar-refractivity contribution in [1.82, 2.24) is 5.32 Å². The maximum atomic E-state index is 12.2. The summed E-state index contributed by atoms with van der Waals surface area (Å²) in [6.45, 7) is 2.05. The second-order valence-corrected chi connectivity index (χ2v) is 5.97. The Hall–Kier alpha value is -1.84. The molecule has 2 N–H and O–H groups in total. The minimum absolute atomic E-state index is 0.0586. The molecule has 0 radical (unpaired) electrons. The number of rotatable bonds is 5. The van der Waals surface area contributed by atoms with Crippen molar-refractivity contribution in [2.75, 3.05) is 0 Å². The molecular weight excluding hydrogens is 254 g/mol. The van der Waals surface area contributed by atoms with Crippen molar-refractivity contribution in [2.45, 2.75) is 38.1 Å². The summed E-state index contributed by atoms with van der Waals surface area (Å²) in [4.78, 5) is 23.3. The third-order valence-electron chi connectivity index (χ3n) is 4.37. The minimum Gasteiger partial charge on any atom is -0.480 e. The van der Waals surface area contributed by atoms with Gasteiger partial charge in [-0.25, -0.2) is 4.79 Å². The average Bonchev–Trinajstić information content (AvgIpc) is 3.27. The lowest BCUT2D eigenvalue weighted by Crippen LogP contribution is -2.43. The van der Waals surface area contributed by atoms with Crippen LogP contribution in [0.3, 0.4) is 0 Å². The Morgan fingerprint density at radius 2 is 2.00 bits per heavy atom. The highest BCUT2D eigenvalue weighted by Crippen LogP contribution is 2.48. The molecule has 0 saturated heterocycles. The fraction of sp³-hybridized carbons (Fsp3) is 0.500. The Kier molecular flexibility index (Phi) is 3.24. The Morgan fingerprint density at radius 1 is 1.30 bits per heavy atom. The van der Waals surface area contributed by atoms with E-state index >= 15 is 0 Å². The van der Waals surface area contributed by atoms with Crippen LogP contribution in [0.1, 0.15) is 36.3 Å². The maximum absolute atomic E-state index is 12.2. The van der Waals surface area contributed by atoms with Gasteiger partial charge < -0.3 is 10.4 Å². The molecule has 3 atom stereocenters. The summed E-state index contributed by atoms with van der Waals surface area (Å²) in [6, 6.07) is 7.39. The topological polar surface area (TPSA) is 66.4 Å². The van der Waals surface area contributed by atoms with Crippen LogP contribution < -0.4 is 5.32 Å². The van der Waals surface area contributed by atoms with Crippen molar-refractivity contribution < 1.29 is 14.7 Å². The average molecular weight is 273 g/mol. The fourth-order valence-electron chi connectivity index (χ4n) is 2.90. The van der Waals surface area contributed by atoms with Crippen molar-refractivity contribution in [3.05, 3.63) is 35.4 Å². The van der Waals surface area contributed by atoms with Crippen LogP contribution in [0.2, 0.25) is 0 Å². The summed E-state index contributed by atoms with van der Waals surface area (Å²) < 4.78 is 0. The molecule has 106 valence electrons. The highest BCUT2D eigenvalue weighted by Gasteiger charge is 2.47. The first-order valence-corrected chi connectivity index (χ1v) is 7.16. The first kappa shape index (κ1) is 13.2. The monoisotopic (exact) mass is 273 g/mol. The van der Waals surface area contributed by atoms with Gasteiger partial charge in [0.1, 0.15) is 6.04 Å². The number of benzene rings is 1. The molecule has 2 aliphatic carbocycles. The summed E-state index contributed by atoms with van der Waals surface area (Å²) >= 11 is 0. The van der Waals surface area contributed by atoms with Crippen molar-refractivity contribution in [1.29, 1.82) is 0 Å². The van der Waals surface area contributed by atoms with E-state index in [4.69, 9.17) is 5.11 Å². The number of carboxylic acid groups (broad SMARTS) is 1. The Labute approximate surface area is 118 Å². The highest BCUT2D eigenvalue weighted by atomic mass is 16.4. The summed E-state index contributed by atoms with van der Waals surface area (Å²) in [5.41, 5.74) is 2.41. The number of hydrogen-bond acceptors (Lipinski definition) is 2. The second-order valence-electron chi connectivity index (χ2n) is 5.97. The third kappa shape index (κ3) is 2.55. The number of hydrogen-bond donors (Lipinski definition) is 2. The van der Waals surface area contributed by atoms with Gasteiger partial charge in [-0.3, -0.25) is 4.79 Å². The summed E-state index contributed by atoms with van der Waals surface area (Å²) in [6.07, 6.45) is 2.64. The normalized spacial score (nSPS) is 25.9. The standard InChI is InChI=1S/C16H19NO3/c1-9-4-2-3-5-11(9)12-8-13(12)15(18)17-14(16(19)20)10-6-7-10/h2-5,10,12-14H,6-8H2,1H3,(H,17,18)(H,19,20). The molecular formula is C16H19NO3. The summed E-state index contributed by atoms with van der Waals surface area (Å²) in [7, 11) is 0. The van der Waals surface area contributed by atoms with Gasteiger partial charge in [0.05, 0.1) is 0 Å². The number of carboxylic acids is 1. The van der Waals surface area contributed by atoms with Crippen molar-refractivity contribution >= 4 is 11.9 Å². The van der Waals surface area contributed by atoms with Crippen LogP contribution in [0.15, 0.2) is 24.3 Å². The van der Waals surface area contributed by atoms with E-state index in [1.807, 2.05) is 25.1 Å². The van der Waals surface area contributed by atoms with Crippen molar-refractivity contribution in [3.8, 4) is 0 Å². The van der Waals surface area contributed by atoms with Crippen LogP contribution in [-0.2, 0) is 9.59 Å². The van der Waals surface area contributed by atoms with Gasteiger partial charge in [0.2, 0.25) is 5.91 Å². The quantitative estimate of drug-likeness (QED) is 0.863. The van der Waals surface area contributed by atoms with Gasteiger partial charge in [-0.15, -0.1) is 0 Å². The zero-order valence-corrected chi connectivity index (χ0v) is 11.5. The molecule has 2 saturated carbocycles. The van der Waals surface area contributed by atoms with Gasteiger partial charge in [-0.2, -0.15) is 0 Å². The second kappa shape index (κ2) is 4.93. The van der Waals surface area contributed by atoms with Crippen molar-refractivity contribution in [2.24, 2.45) is 11.8 Å². The SMILES string of the molecule is Cc1ccccc1C1CC1C(=O)NC(C(=O)O)C1CC1. The van der Waals surface area contributed by atoms with E-state index in [0.29, 0.717) is 0 Å². The molecule has 0 heterocycles. The molecule has 2 fully saturated rings. The van der Waals surface area contributed by atoms with E-state index in [2.05, 4.69) is 11.4 Å². The maximum Gasteiger partial charge on any atom is 0.326 e. The van der Waals surface area contributed by atoms with E-state index < -0.39 is 12.0 Å². The third-order valence-corrected chi connectivity index (χ3v) is 4.37. The van der Waals surface area contributed by atoms with Gasteiger partial charge in [0.25, 0.3) is 0 Å². The molecule has 1 amide bonds. The molecule has 3 rings (SSSR count). The number of nitrogens with one attached hydrogen (secondary N) is 1. The van der Waals surface area contributed by atoms with E-state index in [9.17, 15) is 9.59 Å². The minimum atomic E-state index is -0.908. The van der Waals surface area contributed by atoms with Gasteiger partial charge in [-0.1, -0.05) is 24.3 Å². The zero-order valence-electron chi connectivity index (χ0n) is 11.5. The molecule has 0 spiro atoms. The van der Waals surface area contributed by atoms with Crippen LogP contribution in [0, 0.1) is 18.8 Å². The van der Waals surface area contributed by atoms with Crippen LogP contribution >= 0.6 is 0 Å². The lowest BCUT2D eigenvalue weighted by molar-refractivity contribution is -0.142. The fourth-order valence-corrected chi connectivity index (χ4v) is 2.90. The Bertz CT molecular complexity index is 550. The molecule has 0 aromatic heterocycles. The highest BCUT2D eigenvalue weighted by molar-refractivity contribution is 5.88. The molecule has 1 aromatic rings. The number of amides is 1. The number of carbonyl (C=O) groups is 2. The van der Waals surface area contributed by atoms with E-state index in [1.165, 1.54) is 11.1 Å². The largest absolute Gasteiger partial charge is 0.480 e. The molecule has 2 aliphatic rings. The Morgan fingerprint density at radius 3 is 2.60 bits per heavy atom. The van der Waals surface area contributed by atoms with E-state index in [1.54, 1.807) is 0 Å². The molecule has 20 heavy (non-hydrogen) atoms. The zero-order chi connectivity index (χ0) is 14.3. The van der Waals surface area contributed by atoms with Crippen LogP contribution in [0.4, 0.5) is 0 Å². The molecule has 1 aromatic carbocycles. The lowest BCUT2D eigenvalue weighted by atomic mass is 10.0. The van der Waals surface area contributed by atoms with Crippen LogP contribution in [0.5, 0.6) is 0 Å². The van der Waals surface area contributed by atoms with Gasteiger partial charge in [0.15, 0.2) is 0 Å². The van der Waals surface area contributed by atoms with Crippen LogP contribution in [0.25, 0.3) is 0 Å². The van der Waals surface area contributed by atoms with Gasteiger partial charge >= 0.3 is 5.97 Å². The van der Waals surface area contributed by atoms with Gasteiger partial charge in [0, 0.05) is 5.92 Å². The summed E-state index contributed by atoms with van der Waals surface area (Å²) in [5, 5.41) is 11.9. The molecule has 0 bridgehead atoms. The molecule has 0 aliphatic heterocycles. The molecule has 3 unspecified atom stereocenters. The van der Waals surface area contributed by atoms with E-state index in [-0.39, 0.29) is 23.7 Å². The van der Waals surface area contributed by atoms with Crippen LogP contribution in [-0.4, -0.2) is 23.0 Å². The number of aryl methyl sites for hydroxylation is 1. The number of carbonyl (C=O) groups excluding carboxylic acids is 1. The van der Waals surface area contributed by atoms with Gasteiger partial charge in [-0.05, 0) is 49.1 Å². The first-order valence-electron chi connectivity index (χ1n) is 7.16. The molecule has 4 heteroatoms. The Balaban J connectivity index is 1.63. The molecule has 4 nitrogen and oxygen atoms in total. The number of aliphatic carboxylic acids is 1. The smallest absolute Gasteiger partial charge is 0.326 e. The van der Waals surface area contributed by atoms with Crippen molar-refractivity contribution in [3.63, 3.8) is 0 Å². The predicted molar refractivity (Wildman–Crippen MR) is 74.3 cm³/mol. The van der Waals surface area contributed by atoms with E-state index in [0.717, 1.165) is 19.3 Å². The summed E-state index contributed by atoms with van der Waals surface area (Å²) in [5.74, 6) is -0.680.